The molecule has 2 unspecified atom stereocenters. The number of benzene rings is 2. The maximum Gasteiger partial charge on any atom is 0.261 e. The minimum atomic E-state index is -0.556. The molecule has 2 aromatic rings. The molecule has 1 N–H and O–H groups in total. The highest BCUT2D eigenvalue weighted by Gasteiger charge is 2.25. The summed E-state index contributed by atoms with van der Waals surface area (Å²) in [6.07, 6.45) is 0.207. The number of para-hydroxylation sites is 1. The summed E-state index contributed by atoms with van der Waals surface area (Å²) in [6.45, 7) is 6.68. The molecular weight excluding hydrogens is 314 g/mol. The second kappa shape index (κ2) is 7.60. The van der Waals surface area contributed by atoms with E-state index in [1.54, 1.807) is 6.92 Å². The zero-order valence-corrected chi connectivity index (χ0v) is 15.0. The van der Waals surface area contributed by atoms with E-state index in [-0.39, 0.29) is 11.9 Å². The molecule has 1 aliphatic rings. The van der Waals surface area contributed by atoms with Crippen LogP contribution in [0.25, 0.3) is 0 Å². The quantitative estimate of drug-likeness (QED) is 0.887. The lowest BCUT2D eigenvalue weighted by molar-refractivity contribution is -0.128. The van der Waals surface area contributed by atoms with E-state index < -0.39 is 6.10 Å². The van der Waals surface area contributed by atoms with Gasteiger partial charge in [-0.2, -0.15) is 0 Å². The Bertz CT molecular complexity index is 724. The molecule has 25 heavy (non-hydrogen) atoms. The van der Waals surface area contributed by atoms with Crippen LogP contribution in [0.1, 0.15) is 50.3 Å². The van der Waals surface area contributed by atoms with Crippen molar-refractivity contribution in [2.75, 3.05) is 6.61 Å². The highest BCUT2D eigenvalue weighted by Crippen LogP contribution is 2.31. The van der Waals surface area contributed by atoms with Gasteiger partial charge in [-0.05, 0) is 36.6 Å². The summed E-state index contributed by atoms with van der Waals surface area (Å²) >= 11 is 0. The van der Waals surface area contributed by atoms with Gasteiger partial charge in [-0.15, -0.1) is 0 Å². The molecule has 4 nitrogen and oxygen atoms in total. The number of rotatable bonds is 5. The van der Waals surface area contributed by atoms with Crippen molar-refractivity contribution in [2.45, 2.75) is 45.3 Å². The largest absolute Gasteiger partial charge is 0.493 e. The normalized spacial score (nSPS) is 17.4. The number of carbonyl (C=O) groups is 1. The second-order valence-electron chi connectivity index (χ2n) is 6.72. The molecule has 0 saturated heterocycles. The smallest absolute Gasteiger partial charge is 0.261 e. The van der Waals surface area contributed by atoms with Crippen LogP contribution in [0.15, 0.2) is 48.5 Å². The summed E-state index contributed by atoms with van der Waals surface area (Å²) in [5.41, 5.74) is 2.28. The summed E-state index contributed by atoms with van der Waals surface area (Å²) < 4.78 is 11.4. The van der Waals surface area contributed by atoms with Gasteiger partial charge in [0, 0.05) is 12.0 Å². The van der Waals surface area contributed by atoms with Crippen molar-refractivity contribution in [1.82, 2.24) is 5.32 Å². The average molecular weight is 339 g/mol. The lowest BCUT2D eigenvalue weighted by Crippen LogP contribution is -2.40. The van der Waals surface area contributed by atoms with Crippen LogP contribution in [0, 0.1) is 0 Å². The summed E-state index contributed by atoms with van der Waals surface area (Å²) in [7, 11) is 0. The maximum absolute atomic E-state index is 12.5. The number of fused-ring (bicyclic) bond motifs is 1. The van der Waals surface area contributed by atoms with Gasteiger partial charge in [0.15, 0.2) is 6.10 Å². The molecule has 0 spiro atoms. The van der Waals surface area contributed by atoms with Crippen LogP contribution >= 0.6 is 0 Å². The van der Waals surface area contributed by atoms with E-state index in [0.29, 0.717) is 18.3 Å². The number of amides is 1. The predicted molar refractivity (Wildman–Crippen MR) is 98.1 cm³/mol. The summed E-state index contributed by atoms with van der Waals surface area (Å²) in [6, 6.07) is 15.7. The first kappa shape index (κ1) is 17.3. The van der Waals surface area contributed by atoms with Gasteiger partial charge in [0.25, 0.3) is 5.91 Å². The van der Waals surface area contributed by atoms with Crippen molar-refractivity contribution in [3.05, 3.63) is 59.7 Å². The molecule has 0 fully saturated rings. The van der Waals surface area contributed by atoms with Gasteiger partial charge in [-0.1, -0.05) is 44.2 Å². The van der Waals surface area contributed by atoms with Gasteiger partial charge in [0.05, 0.1) is 12.6 Å². The van der Waals surface area contributed by atoms with Crippen molar-refractivity contribution in [1.29, 1.82) is 0 Å². The van der Waals surface area contributed by atoms with Crippen molar-refractivity contribution >= 4 is 5.91 Å². The van der Waals surface area contributed by atoms with Gasteiger partial charge in [-0.25, -0.2) is 0 Å². The average Bonchev–Trinajstić information content (AvgIpc) is 2.62. The predicted octanol–water partition coefficient (Wildman–Crippen LogP) is 4.22. The van der Waals surface area contributed by atoms with Crippen LogP contribution < -0.4 is 14.8 Å². The highest BCUT2D eigenvalue weighted by molar-refractivity contribution is 5.81. The molecule has 2 aromatic carbocycles. The first-order valence-corrected chi connectivity index (χ1v) is 8.83. The maximum atomic E-state index is 12.5. The number of ether oxygens (including phenoxy) is 2. The Morgan fingerprint density at radius 1 is 1.12 bits per heavy atom. The Labute approximate surface area is 149 Å². The van der Waals surface area contributed by atoms with Gasteiger partial charge in [-0.3, -0.25) is 4.79 Å². The van der Waals surface area contributed by atoms with Crippen molar-refractivity contribution in [3.8, 4) is 11.5 Å². The fourth-order valence-electron chi connectivity index (χ4n) is 2.97. The molecule has 4 heteroatoms. The molecular formula is C21H25NO3. The first-order valence-electron chi connectivity index (χ1n) is 8.83. The minimum absolute atomic E-state index is 0.0354. The van der Waals surface area contributed by atoms with Crippen LogP contribution in [0.3, 0.4) is 0 Å². The van der Waals surface area contributed by atoms with Gasteiger partial charge < -0.3 is 14.8 Å². The summed E-state index contributed by atoms with van der Waals surface area (Å²) in [5, 5.41) is 3.08. The fourth-order valence-corrected chi connectivity index (χ4v) is 2.97. The van der Waals surface area contributed by atoms with E-state index in [0.717, 1.165) is 17.7 Å². The monoisotopic (exact) mass is 339 g/mol. The SMILES string of the molecule is CC(Oc1ccc(C(C)C)cc1)C(=O)NC1CCOc2ccccc21. The lowest BCUT2D eigenvalue weighted by atomic mass is 10.0. The van der Waals surface area contributed by atoms with E-state index in [9.17, 15) is 4.79 Å². The van der Waals surface area contributed by atoms with E-state index in [2.05, 4.69) is 19.2 Å². The first-order chi connectivity index (χ1) is 12.0. The summed E-state index contributed by atoms with van der Waals surface area (Å²) in [5.74, 6) is 1.91. The third kappa shape index (κ3) is 4.13. The standard InChI is InChI=1S/C21H25NO3/c1-14(2)16-8-10-17(11-9-16)25-15(3)21(23)22-19-12-13-24-20-7-5-4-6-18(19)20/h4-11,14-15,19H,12-13H2,1-3H3,(H,22,23). The molecule has 3 rings (SSSR count). The Kier molecular flexibility index (Phi) is 5.27. The molecule has 0 aromatic heterocycles. The molecule has 132 valence electrons. The fraction of sp³-hybridized carbons (Fsp3) is 0.381. The molecule has 1 amide bonds. The van der Waals surface area contributed by atoms with E-state index in [4.69, 9.17) is 9.47 Å². The molecule has 0 radical (unpaired) electrons. The Balaban J connectivity index is 1.62. The molecule has 0 bridgehead atoms. The summed E-state index contributed by atoms with van der Waals surface area (Å²) in [4.78, 5) is 12.5. The van der Waals surface area contributed by atoms with Crippen LogP contribution in [-0.4, -0.2) is 18.6 Å². The van der Waals surface area contributed by atoms with E-state index in [1.165, 1.54) is 5.56 Å². The zero-order chi connectivity index (χ0) is 17.8. The Morgan fingerprint density at radius 2 is 1.84 bits per heavy atom. The van der Waals surface area contributed by atoms with Crippen LogP contribution in [0.5, 0.6) is 11.5 Å². The van der Waals surface area contributed by atoms with Crippen molar-refractivity contribution < 1.29 is 14.3 Å². The van der Waals surface area contributed by atoms with E-state index >= 15 is 0 Å². The van der Waals surface area contributed by atoms with Crippen molar-refractivity contribution in [3.63, 3.8) is 0 Å². The van der Waals surface area contributed by atoms with Crippen LogP contribution in [0.4, 0.5) is 0 Å². The number of nitrogens with one attached hydrogen (secondary N) is 1. The van der Waals surface area contributed by atoms with Crippen LogP contribution in [-0.2, 0) is 4.79 Å². The van der Waals surface area contributed by atoms with Gasteiger partial charge in [0.1, 0.15) is 11.5 Å². The number of carbonyl (C=O) groups excluding carboxylic acids is 1. The molecule has 1 heterocycles. The number of hydrogen-bond acceptors (Lipinski definition) is 3. The molecule has 0 aliphatic carbocycles. The highest BCUT2D eigenvalue weighted by atomic mass is 16.5. The number of hydrogen-bond donors (Lipinski definition) is 1. The van der Waals surface area contributed by atoms with Gasteiger partial charge >= 0.3 is 0 Å². The van der Waals surface area contributed by atoms with Crippen LogP contribution in [0.2, 0.25) is 0 Å². The lowest BCUT2D eigenvalue weighted by Gasteiger charge is -2.27. The minimum Gasteiger partial charge on any atom is -0.493 e. The zero-order valence-electron chi connectivity index (χ0n) is 15.0. The van der Waals surface area contributed by atoms with Gasteiger partial charge in [0.2, 0.25) is 0 Å². The second-order valence-corrected chi connectivity index (χ2v) is 6.72. The molecule has 0 saturated carbocycles. The topological polar surface area (TPSA) is 47.6 Å². The third-order valence-corrected chi connectivity index (χ3v) is 4.50. The van der Waals surface area contributed by atoms with E-state index in [1.807, 2.05) is 48.5 Å². The Morgan fingerprint density at radius 3 is 2.56 bits per heavy atom. The molecule has 1 aliphatic heterocycles. The van der Waals surface area contributed by atoms with Crippen molar-refractivity contribution in [2.24, 2.45) is 0 Å². The Hall–Kier alpha value is -2.49. The third-order valence-electron chi connectivity index (χ3n) is 4.50. The molecule has 2 atom stereocenters.